The van der Waals surface area contributed by atoms with E-state index < -0.39 is 0 Å². The van der Waals surface area contributed by atoms with Gasteiger partial charge >= 0.3 is 0 Å². The Bertz CT molecular complexity index is 769. The summed E-state index contributed by atoms with van der Waals surface area (Å²) in [6.07, 6.45) is 0.655. The predicted octanol–water partition coefficient (Wildman–Crippen LogP) is 3.18. The van der Waals surface area contributed by atoms with E-state index in [2.05, 4.69) is 15.5 Å². The Morgan fingerprint density at radius 1 is 1.19 bits per heavy atom. The molecule has 3 aromatic rings. The van der Waals surface area contributed by atoms with Gasteiger partial charge in [0.2, 0.25) is 11.7 Å². The highest BCUT2D eigenvalue weighted by molar-refractivity contribution is 5.95. The van der Waals surface area contributed by atoms with Crippen LogP contribution in [0.2, 0.25) is 0 Å². The molecule has 0 amide bonds. The molecule has 1 heterocycles. The van der Waals surface area contributed by atoms with E-state index in [1.165, 1.54) is 6.07 Å². The number of hydrogen-bond acceptors (Lipinski definition) is 4. The van der Waals surface area contributed by atoms with E-state index in [-0.39, 0.29) is 11.9 Å². The van der Waals surface area contributed by atoms with Gasteiger partial charge in [0.05, 0.1) is 0 Å². The number of nitrogens with zero attached hydrogens (tertiary/aromatic N) is 2. The Morgan fingerprint density at radius 3 is 2.71 bits per heavy atom. The fourth-order valence-electron chi connectivity index (χ4n) is 2.27. The maximum atomic E-state index is 13.8. The molecule has 1 aromatic heterocycles. The third-order valence-corrected chi connectivity index (χ3v) is 3.55. The van der Waals surface area contributed by atoms with Crippen molar-refractivity contribution in [2.24, 2.45) is 0 Å². The van der Waals surface area contributed by atoms with E-state index in [1.807, 2.05) is 32.2 Å². The molecule has 0 spiro atoms. The van der Waals surface area contributed by atoms with Gasteiger partial charge in [0.1, 0.15) is 5.82 Å². The maximum absolute atomic E-state index is 13.8. The molecule has 0 bridgehead atoms. The lowest BCUT2D eigenvalue weighted by atomic mass is 10.0. The van der Waals surface area contributed by atoms with Gasteiger partial charge in [0.15, 0.2) is 0 Å². The number of rotatable bonds is 4. The van der Waals surface area contributed by atoms with Crippen LogP contribution in [0.4, 0.5) is 4.39 Å². The summed E-state index contributed by atoms with van der Waals surface area (Å²) in [5, 5.41) is 8.48. The van der Waals surface area contributed by atoms with E-state index >= 15 is 0 Å². The standard InChI is InChI=1S/C16H16FN3O/c1-10(18-2)9-15-19-16(20-21-15)13-7-8-14(17)12-6-4-3-5-11(12)13/h3-8,10,18H,9H2,1-2H3. The number of halogens is 1. The van der Waals surface area contributed by atoms with Crippen molar-refractivity contribution in [1.29, 1.82) is 0 Å². The van der Waals surface area contributed by atoms with Crippen molar-refractivity contribution in [2.45, 2.75) is 19.4 Å². The second-order valence-corrected chi connectivity index (χ2v) is 5.05. The molecular weight excluding hydrogens is 269 g/mol. The molecule has 5 heteroatoms. The first-order valence-corrected chi connectivity index (χ1v) is 6.86. The summed E-state index contributed by atoms with van der Waals surface area (Å²) in [4.78, 5) is 4.41. The Kier molecular flexibility index (Phi) is 3.66. The zero-order valence-electron chi connectivity index (χ0n) is 11.9. The van der Waals surface area contributed by atoms with Crippen molar-refractivity contribution < 1.29 is 8.91 Å². The van der Waals surface area contributed by atoms with Crippen LogP contribution in [0.15, 0.2) is 40.9 Å². The molecule has 0 saturated carbocycles. The first-order chi connectivity index (χ1) is 10.2. The van der Waals surface area contributed by atoms with E-state index in [0.29, 0.717) is 23.5 Å². The van der Waals surface area contributed by atoms with Gasteiger partial charge in [-0.25, -0.2) is 4.39 Å². The Labute approximate surface area is 122 Å². The molecule has 108 valence electrons. The lowest BCUT2D eigenvalue weighted by Gasteiger charge is -2.05. The van der Waals surface area contributed by atoms with Crippen molar-refractivity contribution in [3.63, 3.8) is 0 Å². The molecule has 0 aliphatic heterocycles. The molecular formula is C16H16FN3O. The molecule has 4 nitrogen and oxygen atoms in total. The number of nitrogens with one attached hydrogen (secondary N) is 1. The lowest BCUT2D eigenvalue weighted by molar-refractivity contribution is 0.365. The highest BCUT2D eigenvalue weighted by Crippen LogP contribution is 2.28. The Balaban J connectivity index is 2.03. The second-order valence-electron chi connectivity index (χ2n) is 5.05. The largest absolute Gasteiger partial charge is 0.339 e. The van der Waals surface area contributed by atoms with Crippen LogP contribution in [-0.4, -0.2) is 23.2 Å². The summed E-state index contributed by atoms with van der Waals surface area (Å²) >= 11 is 0. The zero-order valence-corrected chi connectivity index (χ0v) is 11.9. The van der Waals surface area contributed by atoms with Crippen molar-refractivity contribution in [3.05, 3.63) is 48.1 Å². The summed E-state index contributed by atoms with van der Waals surface area (Å²) < 4.78 is 19.1. The van der Waals surface area contributed by atoms with Crippen LogP contribution in [0.5, 0.6) is 0 Å². The predicted molar refractivity (Wildman–Crippen MR) is 79.4 cm³/mol. The summed E-state index contributed by atoms with van der Waals surface area (Å²) in [6.45, 7) is 2.04. The molecule has 1 unspecified atom stereocenters. The molecule has 3 rings (SSSR count). The lowest BCUT2D eigenvalue weighted by Crippen LogP contribution is -2.23. The number of hydrogen-bond donors (Lipinski definition) is 1. The third kappa shape index (κ3) is 2.64. The van der Waals surface area contributed by atoms with Gasteiger partial charge in [-0.2, -0.15) is 4.98 Å². The number of likely N-dealkylation sites (N-methyl/N-ethyl adjacent to an activating group) is 1. The first kappa shape index (κ1) is 13.7. The van der Waals surface area contributed by atoms with E-state index in [0.717, 1.165) is 10.9 Å². The van der Waals surface area contributed by atoms with Gasteiger partial charge in [-0.1, -0.05) is 29.4 Å². The van der Waals surface area contributed by atoms with Crippen LogP contribution < -0.4 is 5.32 Å². The Morgan fingerprint density at radius 2 is 1.95 bits per heavy atom. The van der Waals surface area contributed by atoms with E-state index in [1.54, 1.807) is 12.1 Å². The van der Waals surface area contributed by atoms with Crippen molar-refractivity contribution in [2.75, 3.05) is 7.05 Å². The summed E-state index contributed by atoms with van der Waals surface area (Å²) in [5.41, 5.74) is 0.777. The molecule has 2 aromatic carbocycles. The van der Waals surface area contributed by atoms with Gasteiger partial charge in [0, 0.05) is 23.4 Å². The smallest absolute Gasteiger partial charge is 0.228 e. The SMILES string of the molecule is CNC(C)Cc1nc(-c2ccc(F)c3ccccc23)no1. The monoisotopic (exact) mass is 285 g/mol. The van der Waals surface area contributed by atoms with Crippen LogP contribution in [0.25, 0.3) is 22.2 Å². The third-order valence-electron chi connectivity index (χ3n) is 3.55. The van der Waals surface area contributed by atoms with Crippen LogP contribution in [-0.2, 0) is 6.42 Å². The first-order valence-electron chi connectivity index (χ1n) is 6.86. The average molecular weight is 285 g/mol. The van der Waals surface area contributed by atoms with Crippen LogP contribution in [0.1, 0.15) is 12.8 Å². The normalized spacial score (nSPS) is 12.7. The Hall–Kier alpha value is -2.27. The fourth-order valence-corrected chi connectivity index (χ4v) is 2.27. The molecule has 1 N–H and O–H groups in total. The average Bonchev–Trinajstić information content (AvgIpc) is 2.96. The molecule has 0 aliphatic rings. The summed E-state index contributed by atoms with van der Waals surface area (Å²) in [5.74, 6) is 0.812. The molecule has 1 atom stereocenters. The van der Waals surface area contributed by atoms with Crippen molar-refractivity contribution in [3.8, 4) is 11.4 Å². The topological polar surface area (TPSA) is 51.0 Å². The molecule has 0 fully saturated rings. The second kappa shape index (κ2) is 5.61. The minimum absolute atomic E-state index is 0.248. The van der Waals surface area contributed by atoms with Gasteiger partial charge < -0.3 is 9.84 Å². The van der Waals surface area contributed by atoms with Crippen molar-refractivity contribution in [1.82, 2.24) is 15.5 Å². The van der Waals surface area contributed by atoms with Crippen molar-refractivity contribution >= 4 is 10.8 Å². The van der Waals surface area contributed by atoms with E-state index in [9.17, 15) is 4.39 Å². The highest BCUT2D eigenvalue weighted by Gasteiger charge is 2.14. The number of benzene rings is 2. The fraction of sp³-hybridized carbons (Fsp3) is 0.250. The minimum atomic E-state index is -0.248. The maximum Gasteiger partial charge on any atom is 0.228 e. The van der Waals surface area contributed by atoms with E-state index in [4.69, 9.17) is 4.52 Å². The summed E-state index contributed by atoms with van der Waals surface area (Å²) in [7, 11) is 1.88. The number of fused-ring (bicyclic) bond motifs is 1. The van der Waals surface area contributed by atoms with Gasteiger partial charge in [-0.3, -0.25) is 0 Å². The van der Waals surface area contributed by atoms with Crippen LogP contribution >= 0.6 is 0 Å². The van der Waals surface area contributed by atoms with Gasteiger partial charge in [0.25, 0.3) is 0 Å². The minimum Gasteiger partial charge on any atom is -0.339 e. The summed E-state index contributed by atoms with van der Waals surface area (Å²) in [6, 6.07) is 10.7. The van der Waals surface area contributed by atoms with Crippen LogP contribution in [0, 0.1) is 5.82 Å². The van der Waals surface area contributed by atoms with Gasteiger partial charge in [-0.15, -0.1) is 0 Å². The molecule has 21 heavy (non-hydrogen) atoms. The number of aromatic nitrogens is 2. The highest BCUT2D eigenvalue weighted by atomic mass is 19.1. The van der Waals surface area contributed by atoms with Gasteiger partial charge in [-0.05, 0) is 31.5 Å². The quantitative estimate of drug-likeness (QED) is 0.800. The van der Waals surface area contributed by atoms with Crippen LogP contribution in [0.3, 0.4) is 0 Å². The molecule has 0 radical (unpaired) electrons. The molecule has 0 aliphatic carbocycles. The zero-order chi connectivity index (χ0) is 14.8. The molecule has 0 saturated heterocycles.